The normalized spacial score (nSPS) is 19.1. The smallest absolute Gasteiger partial charge is 0.240 e. The van der Waals surface area contributed by atoms with E-state index in [0.717, 1.165) is 31.6 Å². The molecule has 0 aromatic heterocycles. The van der Waals surface area contributed by atoms with Gasteiger partial charge >= 0.3 is 0 Å². The summed E-state index contributed by atoms with van der Waals surface area (Å²) >= 11 is 0. The molecule has 6 heteroatoms. The molecular weight excluding hydrogens is 274 g/mol. The van der Waals surface area contributed by atoms with Crippen molar-refractivity contribution >= 4 is 15.7 Å². The van der Waals surface area contributed by atoms with Crippen LogP contribution in [0, 0.1) is 5.92 Å². The second kappa shape index (κ2) is 6.11. The predicted octanol–water partition coefficient (Wildman–Crippen LogP) is 1.16. The van der Waals surface area contributed by atoms with Crippen LogP contribution in [0.1, 0.15) is 19.8 Å². The minimum absolute atomic E-state index is 0.250. The van der Waals surface area contributed by atoms with Gasteiger partial charge < -0.3 is 10.6 Å². The van der Waals surface area contributed by atoms with Gasteiger partial charge in [-0.3, -0.25) is 0 Å². The standard InChI is InChI=1S/C14H23N3O2S/c1-11(15)12-7-9-17(10-8-12)13-3-5-14(6-4-13)20(18,19)16-2/h3-6,11-12,16H,7-10,15H2,1-2H3. The Bertz CT molecular complexity index is 532. The molecule has 112 valence electrons. The largest absolute Gasteiger partial charge is 0.372 e. The minimum Gasteiger partial charge on any atom is -0.372 e. The summed E-state index contributed by atoms with van der Waals surface area (Å²) in [5.41, 5.74) is 7.01. The molecule has 0 radical (unpaired) electrons. The number of nitrogens with zero attached hydrogens (tertiary/aromatic N) is 1. The summed E-state index contributed by atoms with van der Waals surface area (Å²) in [6.07, 6.45) is 2.18. The monoisotopic (exact) mass is 297 g/mol. The van der Waals surface area contributed by atoms with Crippen LogP contribution < -0.4 is 15.4 Å². The van der Waals surface area contributed by atoms with Crippen molar-refractivity contribution in [1.82, 2.24) is 4.72 Å². The molecule has 1 aliphatic rings. The first kappa shape index (κ1) is 15.3. The van der Waals surface area contributed by atoms with Gasteiger partial charge in [0.15, 0.2) is 0 Å². The first-order chi connectivity index (χ1) is 9.44. The summed E-state index contributed by atoms with van der Waals surface area (Å²) in [5, 5.41) is 0. The fraction of sp³-hybridized carbons (Fsp3) is 0.571. The van der Waals surface area contributed by atoms with Crippen LogP contribution in [0.3, 0.4) is 0 Å². The number of hydrogen-bond acceptors (Lipinski definition) is 4. The number of sulfonamides is 1. The molecule has 0 saturated carbocycles. The highest BCUT2D eigenvalue weighted by Crippen LogP contribution is 2.25. The van der Waals surface area contributed by atoms with Gasteiger partial charge in [0.2, 0.25) is 10.0 Å². The molecule has 1 aromatic rings. The summed E-state index contributed by atoms with van der Waals surface area (Å²) in [7, 11) is -1.93. The molecular formula is C14H23N3O2S. The molecule has 0 aliphatic carbocycles. The SMILES string of the molecule is CNS(=O)(=O)c1ccc(N2CCC(C(C)N)CC2)cc1. The highest BCUT2D eigenvalue weighted by Gasteiger charge is 2.22. The van der Waals surface area contributed by atoms with Gasteiger partial charge in [0, 0.05) is 24.8 Å². The van der Waals surface area contributed by atoms with Crippen LogP contribution in [-0.4, -0.2) is 34.6 Å². The van der Waals surface area contributed by atoms with E-state index in [0.29, 0.717) is 10.8 Å². The summed E-state index contributed by atoms with van der Waals surface area (Å²) in [6.45, 7) is 4.02. The Labute approximate surface area is 121 Å². The van der Waals surface area contributed by atoms with Crippen molar-refractivity contribution in [2.24, 2.45) is 11.7 Å². The maximum atomic E-state index is 11.7. The molecule has 1 unspecified atom stereocenters. The van der Waals surface area contributed by atoms with Crippen molar-refractivity contribution in [3.05, 3.63) is 24.3 Å². The molecule has 2 rings (SSSR count). The lowest BCUT2D eigenvalue weighted by Gasteiger charge is -2.35. The maximum Gasteiger partial charge on any atom is 0.240 e. The Balaban J connectivity index is 2.05. The van der Waals surface area contributed by atoms with Crippen LogP contribution in [0.25, 0.3) is 0 Å². The van der Waals surface area contributed by atoms with E-state index in [9.17, 15) is 8.42 Å². The second-order valence-electron chi connectivity index (χ2n) is 5.39. The fourth-order valence-electron chi connectivity index (χ4n) is 2.64. The van der Waals surface area contributed by atoms with Gasteiger partial charge in [-0.05, 0) is 57.0 Å². The number of hydrogen-bond donors (Lipinski definition) is 2. The van der Waals surface area contributed by atoms with Crippen LogP contribution in [0.4, 0.5) is 5.69 Å². The Hall–Kier alpha value is -1.11. The third kappa shape index (κ3) is 3.31. The molecule has 3 N–H and O–H groups in total. The predicted molar refractivity (Wildman–Crippen MR) is 81.3 cm³/mol. The van der Waals surface area contributed by atoms with E-state index < -0.39 is 10.0 Å². The molecule has 1 heterocycles. The van der Waals surface area contributed by atoms with E-state index in [1.807, 2.05) is 12.1 Å². The number of nitrogens with two attached hydrogens (primary N) is 1. The average Bonchev–Trinajstić information content (AvgIpc) is 2.47. The van der Waals surface area contributed by atoms with Crippen molar-refractivity contribution in [3.8, 4) is 0 Å². The Kier molecular flexibility index (Phi) is 4.67. The first-order valence-corrected chi connectivity index (χ1v) is 8.46. The average molecular weight is 297 g/mol. The third-order valence-electron chi connectivity index (χ3n) is 4.06. The quantitative estimate of drug-likeness (QED) is 0.874. The molecule has 0 bridgehead atoms. The van der Waals surface area contributed by atoms with E-state index in [1.165, 1.54) is 7.05 Å². The van der Waals surface area contributed by atoms with Gasteiger partial charge in [0.25, 0.3) is 0 Å². The van der Waals surface area contributed by atoms with Crippen LogP contribution in [0.15, 0.2) is 29.2 Å². The summed E-state index contributed by atoms with van der Waals surface area (Å²) < 4.78 is 25.7. The van der Waals surface area contributed by atoms with Crippen molar-refractivity contribution in [2.75, 3.05) is 25.0 Å². The van der Waals surface area contributed by atoms with Gasteiger partial charge in [-0.2, -0.15) is 0 Å². The summed E-state index contributed by atoms with van der Waals surface area (Å²) in [4.78, 5) is 2.59. The summed E-state index contributed by atoms with van der Waals surface area (Å²) in [6, 6.07) is 7.30. The third-order valence-corrected chi connectivity index (χ3v) is 5.49. The Morgan fingerprint density at radius 2 is 1.80 bits per heavy atom. The molecule has 20 heavy (non-hydrogen) atoms. The number of piperidine rings is 1. The van der Waals surface area contributed by atoms with Crippen molar-refractivity contribution in [3.63, 3.8) is 0 Å². The Morgan fingerprint density at radius 3 is 2.25 bits per heavy atom. The van der Waals surface area contributed by atoms with E-state index >= 15 is 0 Å². The van der Waals surface area contributed by atoms with Crippen molar-refractivity contribution in [1.29, 1.82) is 0 Å². The summed E-state index contributed by atoms with van der Waals surface area (Å²) in [5.74, 6) is 0.593. The van der Waals surface area contributed by atoms with Gasteiger partial charge in [0.1, 0.15) is 0 Å². The second-order valence-corrected chi connectivity index (χ2v) is 7.27. The number of rotatable bonds is 4. The van der Waals surface area contributed by atoms with Crippen LogP contribution >= 0.6 is 0 Å². The molecule has 1 fully saturated rings. The molecule has 0 amide bonds. The lowest BCUT2D eigenvalue weighted by atomic mass is 9.91. The van der Waals surface area contributed by atoms with Gasteiger partial charge in [0.05, 0.1) is 4.90 Å². The zero-order valence-electron chi connectivity index (χ0n) is 12.0. The van der Waals surface area contributed by atoms with E-state index in [2.05, 4.69) is 16.5 Å². The van der Waals surface area contributed by atoms with E-state index in [4.69, 9.17) is 5.73 Å². The molecule has 1 aromatic carbocycles. The fourth-order valence-corrected chi connectivity index (χ4v) is 3.37. The number of benzene rings is 1. The number of anilines is 1. The topological polar surface area (TPSA) is 75.4 Å². The van der Waals surface area contributed by atoms with Gasteiger partial charge in [-0.15, -0.1) is 0 Å². The van der Waals surface area contributed by atoms with E-state index in [1.54, 1.807) is 12.1 Å². The minimum atomic E-state index is -3.35. The molecule has 0 spiro atoms. The van der Waals surface area contributed by atoms with Crippen LogP contribution in [-0.2, 0) is 10.0 Å². The molecule has 1 aliphatic heterocycles. The van der Waals surface area contributed by atoms with Crippen LogP contribution in [0.5, 0.6) is 0 Å². The molecule has 1 saturated heterocycles. The van der Waals surface area contributed by atoms with Crippen molar-refractivity contribution < 1.29 is 8.42 Å². The van der Waals surface area contributed by atoms with Crippen molar-refractivity contribution in [2.45, 2.75) is 30.7 Å². The highest BCUT2D eigenvalue weighted by atomic mass is 32.2. The zero-order chi connectivity index (χ0) is 14.8. The van der Waals surface area contributed by atoms with Crippen LogP contribution in [0.2, 0.25) is 0 Å². The molecule has 1 atom stereocenters. The van der Waals surface area contributed by atoms with E-state index in [-0.39, 0.29) is 6.04 Å². The lowest BCUT2D eigenvalue weighted by molar-refractivity contribution is 0.354. The zero-order valence-corrected chi connectivity index (χ0v) is 12.9. The highest BCUT2D eigenvalue weighted by molar-refractivity contribution is 7.89. The first-order valence-electron chi connectivity index (χ1n) is 6.98. The van der Waals surface area contributed by atoms with Gasteiger partial charge in [-0.25, -0.2) is 13.1 Å². The Morgan fingerprint density at radius 1 is 1.25 bits per heavy atom. The molecule has 5 nitrogen and oxygen atoms in total. The maximum absolute atomic E-state index is 11.7. The van der Waals surface area contributed by atoms with Gasteiger partial charge in [-0.1, -0.05) is 0 Å². The number of nitrogens with one attached hydrogen (secondary N) is 1. The lowest BCUT2D eigenvalue weighted by Crippen LogP contribution is -2.39.